The van der Waals surface area contributed by atoms with Gasteiger partial charge in [0.15, 0.2) is 0 Å². The maximum atomic E-state index is 10.2. The molecule has 0 aliphatic carbocycles. The minimum atomic E-state index is -0.0609. The van der Waals surface area contributed by atoms with Gasteiger partial charge in [0.25, 0.3) is 0 Å². The molecule has 1 unspecified atom stereocenters. The first-order valence-electron chi connectivity index (χ1n) is 5.07. The molecule has 0 saturated carbocycles. The predicted octanol–water partition coefficient (Wildman–Crippen LogP) is 2.81. The molecule has 0 radical (unpaired) electrons. The lowest BCUT2D eigenvalue weighted by atomic mass is 10.0. The van der Waals surface area contributed by atoms with E-state index < -0.39 is 0 Å². The smallest absolute Gasteiger partial charge is 0.120 e. The van der Waals surface area contributed by atoms with E-state index in [2.05, 4.69) is 27.7 Å². The van der Waals surface area contributed by atoms with Crippen LogP contribution in [0.3, 0.4) is 0 Å². The zero-order valence-corrected chi connectivity index (χ0v) is 9.30. The SMILES string of the molecule is CCC(CCC=O)COC(C)(C)C. The Morgan fingerprint density at radius 2 is 2.00 bits per heavy atom. The maximum Gasteiger partial charge on any atom is 0.120 e. The van der Waals surface area contributed by atoms with E-state index in [1.807, 2.05) is 0 Å². The van der Waals surface area contributed by atoms with Crippen molar-refractivity contribution < 1.29 is 9.53 Å². The van der Waals surface area contributed by atoms with Gasteiger partial charge in [-0.15, -0.1) is 0 Å². The van der Waals surface area contributed by atoms with E-state index >= 15 is 0 Å². The van der Waals surface area contributed by atoms with Crippen LogP contribution in [0.2, 0.25) is 0 Å². The van der Waals surface area contributed by atoms with Crippen LogP contribution in [0.25, 0.3) is 0 Å². The summed E-state index contributed by atoms with van der Waals surface area (Å²) >= 11 is 0. The highest BCUT2D eigenvalue weighted by Crippen LogP contribution is 2.15. The fourth-order valence-corrected chi connectivity index (χ4v) is 1.08. The molecule has 13 heavy (non-hydrogen) atoms. The Balaban J connectivity index is 3.65. The molecule has 0 N–H and O–H groups in total. The van der Waals surface area contributed by atoms with Crippen molar-refractivity contribution in [2.75, 3.05) is 6.61 Å². The van der Waals surface area contributed by atoms with Crippen molar-refractivity contribution in [1.29, 1.82) is 0 Å². The van der Waals surface area contributed by atoms with Crippen LogP contribution < -0.4 is 0 Å². The molecule has 0 aromatic heterocycles. The number of aldehydes is 1. The van der Waals surface area contributed by atoms with Gasteiger partial charge in [-0.1, -0.05) is 13.3 Å². The fourth-order valence-electron chi connectivity index (χ4n) is 1.08. The standard InChI is InChI=1S/C11H22O2/c1-5-10(7-6-8-12)9-13-11(2,3)4/h8,10H,5-7,9H2,1-4H3. The van der Waals surface area contributed by atoms with E-state index in [4.69, 9.17) is 4.74 Å². The second-order valence-corrected chi connectivity index (χ2v) is 4.44. The molecule has 0 saturated heterocycles. The first kappa shape index (κ1) is 12.6. The van der Waals surface area contributed by atoms with Crippen molar-refractivity contribution in [1.82, 2.24) is 0 Å². The van der Waals surface area contributed by atoms with E-state index in [1.165, 1.54) is 0 Å². The van der Waals surface area contributed by atoms with E-state index in [-0.39, 0.29) is 5.60 Å². The summed E-state index contributed by atoms with van der Waals surface area (Å²) in [6.07, 6.45) is 3.69. The minimum absolute atomic E-state index is 0.0609. The molecular formula is C11H22O2. The van der Waals surface area contributed by atoms with Crippen LogP contribution in [0.15, 0.2) is 0 Å². The van der Waals surface area contributed by atoms with Crippen LogP contribution in [-0.2, 0) is 9.53 Å². The Morgan fingerprint density at radius 1 is 1.38 bits per heavy atom. The Morgan fingerprint density at radius 3 is 2.38 bits per heavy atom. The van der Waals surface area contributed by atoms with Gasteiger partial charge >= 0.3 is 0 Å². The molecule has 1 atom stereocenters. The predicted molar refractivity (Wildman–Crippen MR) is 54.8 cm³/mol. The highest BCUT2D eigenvalue weighted by molar-refractivity contribution is 5.49. The van der Waals surface area contributed by atoms with Crippen LogP contribution in [0.1, 0.15) is 47.0 Å². The van der Waals surface area contributed by atoms with E-state index in [0.29, 0.717) is 12.3 Å². The summed E-state index contributed by atoms with van der Waals surface area (Å²) < 4.78 is 5.66. The van der Waals surface area contributed by atoms with Crippen molar-refractivity contribution in [3.05, 3.63) is 0 Å². The van der Waals surface area contributed by atoms with Gasteiger partial charge < -0.3 is 9.53 Å². The molecule has 2 nitrogen and oxygen atoms in total. The third-order valence-electron chi connectivity index (χ3n) is 2.02. The van der Waals surface area contributed by atoms with Gasteiger partial charge in [-0.25, -0.2) is 0 Å². The maximum absolute atomic E-state index is 10.2. The van der Waals surface area contributed by atoms with E-state index in [1.54, 1.807) is 0 Å². The van der Waals surface area contributed by atoms with Crippen molar-refractivity contribution in [3.8, 4) is 0 Å². The lowest BCUT2D eigenvalue weighted by Gasteiger charge is -2.23. The summed E-state index contributed by atoms with van der Waals surface area (Å²) in [7, 11) is 0. The molecule has 0 aromatic carbocycles. The second kappa shape index (κ2) is 6.14. The van der Waals surface area contributed by atoms with Crippen LogP contribution in [0.5, 0.6) is 0 Å². The minimum Gasteiger partial charge on any atom is -0.376 e. The number of rotatable bonds is 6. The van der Waals surface area contributed by atoms with Gasteiger partial charge in [-0.2, -0.15) is 0 Å². The second-order valence-electron chi connectivity index (χ2n) is 4.44. The first-order chi connectivity index (χ1) is 5.99. The third-order valence-corrected chi connectivity index (χ3v) is 2.02. The summed E-state index contributed by atoms with van der Waals surface area (Å²) in [5.74, 6) is 0.532. The van der Waals surface area contributed by atoms with Gasteiger partial charge in [-0.3, -0.25) is 0 Å². The molecular weight excluding hydrogens is 164 g/mol. The van der Waals surface area contributed by atoms with Gasteiger partial charge in [0, 0.05) is 6.42 Å². The molecule has 0 amide bonds. The monoisotopic (exact) mass is 186 g/mol. The van der Waals surface area contributed by atoms with E-state index in [0.717, 1.165) is 25.7 Å². The first-order valence-corrected chi connectivity index (χ1v) is 5.07. The Kier molecular flexibility index (Phi) is 5.97. The lowest BCUT2D eigenvalue weighted by molar-refractivity contribution is -0.108. The van der Waals surface area contributed by atoms with Crippen LogP contribution in [0, 0.1) is 5.92 Å². The van der Waals surface area contributed by atoms with Crippen LogP contribution in [0.4, 0.5) is 0 Å². The highest BCUT2D eigenvalue weighted by Gasteiger charge is 2.13. The summed E-state index contributed by atoms with van der Waals surface area (Å²) in [4.78, 5) is 10.2. The van der Waals surface area contributed by atoms with Crippen molar-refractivity contribution in [2.24, 2.45) is 5.92 Å². The molecule has 0 aliphatic rings. The molecule has 0 fully saturated rings. The van der Waals surface area contributed by atoms with Gasteiger partial charge in [0.05, 0.1) is 12.2 Å². The molecule has 0 aliphatic heterocycles. The topological polar surface area (TPSA) is 26.3 Å². The van der Waals surface area contributed by atoms with Gasteiger partial charge in [-0.05, 0) is 33.1 Å². The number of hydrogen-bond donors (Lipinski definition) is 0. The Bertz CT molecular complexity index is 136. The molecule has 0 heterocycles. The molecule has 2 heteroatoms. The highest BCUT2D eigenvalue weighted by atomic mass is 16.5. The zero-order valence-electron chi connectivity index (χ0n) is 9.30. The summed E-state index contributed by atoms with van der Waals surface area (Å²) in [5, 5.41) is 0. The quantitative estimate of drug-likeness (QED) is 0.596. The largest absolute Gasteiger partial charge is 0.376 e. The van der Waals surface area contributed by atoms with Gasteiger partial charge in [0.2, 0.25) is 0 Å². The normalized spacial score (nSPS) is 14.2. The average Bonchev–Trinajstić information content (AvgIpc) is 2.03. The number of carbonyl (C=O) groups excluding carboxylic acids is 1. The lowest BCUT2D eigenvalue weighted by Crippen LogP contribution is -2.23. The third kappa shape index (κ3) is 7.97. The number of ether oxygens (including phenoxy) is 1. The summed E-state index contributed by atoms with van der Waals surface area (Å²) in [6, 6.07) is 0. The summed E-state index contributed by atoms with van der Waals surface area (Å²) in [5.41, 5.74) is -0.0609. The summed E-state index contributed by atoms with van der Waals surface area (Å²) in [6.45, 7) is 9.08. The molecule has 78 valence electrons. The molecule has 0 bridgehead atoms. The number of carbonyl (C=O) groups is 1. The van der Waals surface area contributed by atoms with Crippen molar-refractivity contribution in [3.63, 3.8) is 0 Å². The molecule has 0 rings (SSSR count). The van der Waals surface area contributed by atoms with Crippen molar-refractivity contribution in [2.45, 2.75) is 52.6 Å². The fraction of sp³-hybridized carbons (Fsp3) is 0.909. The Labute approximate surface area is 81.7 Å². The number of hydrogen-bond acceptors (Lipinski definition) is 2. The van der Waals surface area contributed by atoms with Crippen molar-refractivity contribution >= 4 is 6.29 Å². The van der Waals surface area contributed by atoms with Gasteiger partial charge in [0.1, 0.15) is 6.29 Å². The Hall–Kier alpha value is -0.370. The molecule has 0 aromatic rings. The van der Waals surface area contributed by atoms with Crippen LogP contribution >= 0.6 is 0 Å². The zero-order chi connectivity index (χ0) is 10.3. The van der Waals surface area contributed by atoms with E-state index in [9.17, 15) is 4.79 Å². The van der Waals surface area contributed by atoms with Crippen LogP contribution in [-0.4, -0.2) is 18.5 Å². The average molecular weight is 186 g/mol. The molecule has 0 spiro atoms.